The maximum Gasteiger partial charge on any atom is 0.435 e. The Bertz CT molecular complexity index is 756. The molecule has 0 saturated heterocycles. The molecule has 3 aliphatic rings. The SMILES string of the molecule is CCC12C=CC1(CC)n1nc(C(F)(F)F)cc1C1=CCC=CN12. The standard InChI is InChI=1S/C17H18F3N3/c1-3-15-8-9-16(15,4-2)23-13(11-14(21-23)17(18,19)20)12-7-5-6-10-22(12)15/h6-11H,3-5H2,1-2H3. The zero-order valence-electron chi connectivity index (χ0n) is 13.1. The molecular weight excluding hydrogens is 303 g/mol. The topological polar surface area (TPSA) is 21.1 Å². The van der Waals surface area contributed by atoms with Crippen LogP contribution in [0.3, 0.4) is 0 Å². The molecule has 6 heteroatoms. The normalized spacial score (nSPS) is 31.2. The third-order valence-electron chi connectivity index (χ3n) is 5.49. The lowest BCUT2D eigenvalue weighted by Gasteiger charge is -2.62. The van der Waals surface area contributed by atoms with E-state index in [1.807, 2.05) is 31.4 Å². The second-order valence-electron chi connectivity index (χ2n) is 6.29. The van der Waals surface area contributed by atoms with Gasteiger partial charge in [0.15, 0.2) is 5.69 Å². The third kappa shape index (κ3) is 1.54. The zero-order chi connectivity index (χ0) is 16.5. The summed E-state index contributed by atoms with van der Waals surface area (Å²) in [6.07, 6.45) is 7.95. The van der Waals surface area contributed by atoms with Crippen molar-refractivity contribution >= 4 is 5.70 Å². The lowest BCUT2D eigenvalue weighted by molar-refractivity contribution is -0.142. The van der Waals surface area contributed by atoms with Gasteiger partial charge in [0, 0.05) is 6.20 Å². The first-order valence-electron chi connectivity index (χ1n) is 7.94. The van der Waals surface area contributed by atoms with Crippen molar-refractivity contribution in [3.63, 3.8) is 0 Å². The summed E-state index contributed by atoms with van der Waals surface area (Å²) in [6, 6.07) is 1.18. The van der Waals surface area contributed by atoms with Gasteiger partial charge in [0.2, 0.25) is 0 Å². The summed E-state index contributed by atoms with van der Waals surface area (Å²) in [4.78, 5) is 2.14. The van der Waals surface area contributed by atoms with E-state index < -0.39 is 17.4 Å². The van der Waals surface area contributed by atoms with Crippen molar-refractivity contribution in [2.45, 2.75) is 50.4 Å². The number of allylic oxidation sites excluding steroid dienone is 2. The van der Waals surface area contributed by atoms with E-state index in [-0.39, 0.29) is 5.54 Å². The number of rotatable bonds is 2. The Hall–Kier alpha value is -1.98. The number of hydrogen-bond donors (Lipinski definition) is 0. The molecule has 1 aromatic rings. The summed E-state index contributed by atoms with van der Waals surface area (Å²) >= 11 is 0. The fourth-order valence-corrected chi connectivity index (χ4v) is 4.29. The number of fused-ring (bicyclic) bond motifs is 6. The smallest absolute Gasteiger partial charge is 0.334 e. The van der Waals surface area contributed by atoms with Gasteiger partial charge in [-0.05, 0) is 25.3 Å². The monoisotopic (exact) mass is 321 g/mol. The summed E-state index contributed by atoms with van der Waals surface area (Å²) in [5, 5.41) is 3.98. The van der Waals surface area contributed by atoms with Crippen molar-refractivity contribution in [2.24, 2.45) is 0 Å². The molecule has 0 radical (unpaired) electrons. The van der Waals surface area contributed by atoms with Crippen molar-refractivity contribution in [1.82, 2.24) is 14.7 Å². The predicted molar refractivity (Wildman–Crippen MR) is 81.2 cm³/mol. The fraction of sp³-hybridized carbons (Fsp3) is 0.471. The first-order chi connectivity index (χ1) is 10.9. The van der Waals surface area contributed by atoms with Gasteiger partial charge >= 0.3 is 6.18 Å². The summed E-state index contributed by atoms with van der Waals surface area (Å²) < 4.78 is 41.2. The van der Waals surface area contributed by atoms with Crippen LogP contribution in [0.15, 0.2) is 36.6 Å². The molecule has 0 saturated carbocycles. The molecule has 2 atom stereocenters. The van der Waals surface area contributed by atoms with Gasteiger partial charge in [-0.25, -0.2) is 0 Å². The third-order valence-corrected chi connectivity index (χ3v) is 5.49. The molecule has 0 fully saturated rings. The lowest BCUT2D eigenvalue weighted by atomic mass is 9.61. The van der Waals surface area contributed by atoms with Gasteiger partial charge < -0.3 is 4.90 Å². The highest BCUT2D eigenvalue weighted by Gasteiger charge is 2.62. The van der Waals surface area contributed by atoms with Gasteiger partial charge in [-0.1, -0.05) is 38.2 Å². The van der Waals surface area contributed by atoms with E-state index in [4.69, 9.17) is 0 Å². The fourth-order valence-electron chi connectivity index (χ4n) is 4.29. The van der Waals surface area contributed by atoms with E-state index in [9.17, 15) is 13.2 Å². The average molecular weight is 321 g/mol. The number of halogens is 3. The Kier molecular flexibility index (Phi) is 2.73. The lowest BCUT2D eigenvalue weighted by Crippen LogP contribution is -2.68. The number of nitrogens with zero attached hydrogens (tertiary/aromatic N) is 3. The average Bonchev–Trinajstić information content (AvgIpc) is 2.94. The Morgan fingerprint density at radius 2 is 1.87 bits per heavy atom. The molecule has 23 heavy (non-hydrogen) atoms. The molecule has 0 spiro atoms. The highest BCUT2D eigenvalue weighted by atomic mass is 19.4. The Morgan fingerprint density at radius 1 is 1.17 bits per heavy atom. The highest BCUT2D eigenvalue weighted by Crippen LogP contribution is 2.57. The Morgan fingerprint density at radius 3 is 2.43 bits per heavy atom. The molecule has 3 nitrogen and oxygen atoms in total. The molecule has 1 aliphatic carbocycles. The first-order valence-corrected chi connectivity index (χ1v) is 7.94. The van der Waals surface area contributed by atoms with Gasteiger partial charge in [-0.2, -0.15) is 18.3 Å². The van der Waals surface area contributed by atoms with Gasteiger partial charge in [0.1, 0.15) is 5.54 Å². The predicted octanol–water partition coefficient (Wildman–Crippen LogP) is 4.30. The van der Waals surface area contributed by atoms with E-state index in [1.165, 1.54) is 6.07 Å². The van der Waals surface area contributed by atoms with Crippen LogP contribution in [0, 0.1) is 0 Å². The first kappa shape index (κ1) is 14.6. The van der Waals surface area contributed by atoms with Crippen LogP contribution in [-0.2, 0) is 11.7 Å². The molecule has 4 rings (SSSR count). The minimum atomic E-state index is -4.43. The van der Waals surface area contributed by atoms with E-state index in [1.54, 1.807) is 4.68 Å². The minimum Gasteiger partial charge on any atom is -0.334 e. The van der Waals surface area contributed by atoms with Crippen molar-refractivity contribution < 1.29 is 13.2 Å². The quantitative estimate of drug-likeness (QED) is 0.757. The van der Waals surface area contributed by atoms with Crippen LogP contribution >= 0.6 is 0 Å². The summed E-state index contributed by atoms with van der Waals surface area (Å²) in [5.74, 6) is 0. The molecule has 2 aliphatic heterocycles. The largest absolute Gasteiger partial charge is 0.435 e. The van der Waals surface area contributed by atoms with E-state index in [0.717, 1.165) is 18.5 Å². The molecule has 1 aromatic heterocycles. The number of hydrogen-bond acceptors (Lipinski definition) is 2. The second kappa shape index (κ2) is 4.30. The maximum absolute atomic E-state index is 13.2. The molecule has 3 heterocycles. The van der Waals surface area contributed by atoms with Crippen molar-refractivity contribution in [1.29, 1.82) is 0 Å². The van der Waals surface area contributed by atoms with Crippen molar-refractivity contribution in [3.05, 3.63) is 48.0 Å². The molecular formula is C17H18F3N3. The van der Waals surface area contributed by atoms with Crippen molar-refractivity contribution in [2.75, 3.05) is 0 Å². The van der Waals surface area contributed by atoms with Crippen LogP contribution in [0.2, 0.25) is 0 Å². The van der Waals surface area contributed by atoms with Crippen molar-refractivity contribution in [3.8, 4) is 0 Å². The van der Waals surface area contributed by atoms with E-state index in [0.29, 0.717) is 12.1 Å². The van der Waals surface area contributed by atoms with Crippen LogP contribution in [-0.4, -0.2) is 20.2 Å². The molecule has 0 N–H and O–H groups in total. The Labute approximate surface area is 132 Å². The Balaban J connectivity index is 2.01. The maximum atomic E-state index is 13.2. The van der Waals surface area contributed by atoms with Gasteiger partial charge in [-0.15, -0.1) is 0 Å². The molecule has 0 aromatic carbocycles. The van der Waals surface area contributed by atoms with Gasteiger partial charge in [-0.3, -0.25) is 4.68 Å². The molecule has 122 valence electrons. The molecule has 0 amide bonds. The van der Waals surface area contributed by atoms with Gasteiger partial charge in [0.25, 0.3) is 0 Å². The van der Waals surface area contributed by atoms with Crippen LogP contribution in [0.1, 0.15) is 44.5 Å². The van der Waals surface area contributed by atoms with Crippen LogP contribution in [0.5, 0.6) is 0 Å². The number of alkyl halides is 3. The second-order valence-corrected chi connectivity index (χ2v) is 6.29. The van der Waals surface area contributed by atoms with Crippen LogP contribution in [0.25, 0.3) is 5.70 Å². The van der Waals surface area contributed by atoms with E-state index in [2.05, 4.69) is 23.0 Å². The summed E-state index contributed by atoms with van der Waals surface area (Å²) in [7, 11) is 0. The summed E-state index contributed by atoms with van der Waals surface area (Å²) in [6.45, 7) is 4.09. The molecule has 0 bridgehead atoms. The highest BCUT2D eigenvalue weighted by molar-refractivity contribution is 5.70. The number of aromatic nitrogens is 2. The van der Waals surface area contributed by atoms with Crippen LogP contribution < -0.4 is 0 Å². The zero-order valence-corrected chi connectivity index (χ0v) is 13.1. The van der Waals surface area contributed by atoms with Gasteiger partial charge in [0.05, 0.1) is 16.9 Å². The summed E-state index contributed by atoms with van der Waals surface area (Å²) in [5.41, 5.74) is -0.308. The molecule has 2 unspecified atom stereocenters. The van der Waals surface area contributed by atoms with Crippen LogP contribution in [0.4, 0.5) is 13.2 Å². The van der Waals surface area contributed by atoms with E-state index >= 15 is 0 Å². The minimum absolute atomic E-state index is 0.341.